The maximum atomic E-state index is 13.0. The summed E-state index contributed by atoms with van der Waals surface area (Å²) in [6, 6.07) is 3.29. The zero-order valence-electron chi connectivity index (χ0n) is 16.9. The van der Waals surface area contributed by atoms with Gasteiger partial charge in [-0.3, -0.25) is 4.90 Å². The molecule has 0 saturated carbocycles. The van der Waals surface area contributed by atoms with Gasteiger partial charge in [-0.2, -0.15) is 13.2 Å². The van der Waals surface area contributed by atoms with Gasteiger partial charge >= 0.3 is 12.2 Å². The van der Waals surface area contributed by atoms with Gasteiger partial charge in [0.05, 0.1) is 16.8 Å². The molecular formula is C20H22ClF3N6O. The lowest BCUT2D eigenvalue weighted by Crippen LogP contribution is -2.32. The van der Waals surface area contributed by atoms with Gasteiger partial charge in [-0.1, -0.05) is 17.7 Å². The smallest absolute Gasteiger partial charge is 0.354 e. The van der Waals surface area contributed by atoms with Crippen LogP contribution in [0, 0.1) is 5.92 Å². The van der Waals surface area contributed by atoms with Crippen LogP contribution in [0.5, 0.6) is 0 Å². The normalized spacial score (nSPS) is 19.6. The summed E-state index contributed by atoms with van der Waals surface area (Å²) >= 11 is 5.88. The molecule has 4 rings (SSSR count). The van der Waals surface area contributed by atoms with Crippen LogP contribution in [0.15, 0.2) is 24.4 Å². The van der Waals surface area contributed by atoms with Crippen LogP contribution in [0.25, 0.3) is 11.4 Å². The Morgan fingerprint density at radius 1 is 1.26 bits per heavy atom. The molecule has 3 heterocycles. The number of nitrogens with two attached hydrogens (primary N) is 1. The van der Waals surface area contributed by atoms with Gasteiger partial charge in [-0.05, 0) is 31.0 Å². The molecule has 0 bridgehead atoms. The maximum Gasteiger partial charge on any atom is 0.417 e. The predicted octanol–water partition coefficient (Wildman–Crippen LogP) is 3.47. The molecule has 2 amide bonds. The van der Waals surface area contributed by atoms with Crippen molar-refractivity contribution >= 4 is 29.1 Å². The topological polar surface area (TPSA) is 78.6 Å². The standard InChI is InChI=1S/C20H22ClF3N6O/c1-28-6-7-30(19(28)31)16-10-26-17(27-18(16)29-5-4-12(9-25)11-29)13-2-3-14(15(21)8-13)20(22,23)24/h2-3,8,10,12H,4-7,9,11,25H2,1H3. The molecule has 2 aromatic rings. The van der Waals surface area contributed by atoms with E-state index in [4.69, 9.17) is 17.3 Å². The van der Waals surface area contributed by atoms with Crippen molar-refractivity contribution in [3.8, 4) is 11.4 Å². The van der Waals surface area contributed by atoms with E-state index in [9.17, 15) is 18.0 Å². The average Bonchev–Trinajstić information content (AvgIpc) is 3.34. The lowest BCUT2D eigenvalue weighted by Gasteiger charge is -2.25. The first-order chi connectivity index (χ1) is 14.7. The van der Waals surface area contributed by atoms with Crippen molar-refractivity contribution in [2.75, 3.05) is 49.6 Å². The molecule has 2 fully saturated rings. The van der Waals surface area contributed by atoms with Gasteiger partial charge in [0.15, 0.2) is 11.6 Å². The van der Waals surface area contributed by atoms with Crippen LogP contribution >= 0.6 is 11.6 Å². The van der Waals surface area contributed by atoms with Gasteiger partial charge in [0.25, 0.3) is 0 Å². The van der Waals surface area contributed by atoms with E-state index in [0.29, 0.717) is 49.2 Å². The Morgan fingerprint density at radius 2 is 2.03 bits per heavy atom. The SMILES string of the molecule is CN1CCN(c2cnc(-c3ccc(C(F)(F)F)c(Cl)c3)nc2N2CCC(CN)C2)C1=O. The summed E-state index contributed by atoms with van der Waals surface area (Å²) in [7, 11) is 1.72. The Hall–Kier alpha value is -2.59. The van der Waals surface area contributed by atoms with Crippen LogP contribution < -0.4 is 15.5 Å². The van der Waals surface area contributed by atoms with E-state index < -0.39 is 16.8 Å². The zero-order chi connectivity index (χ0) is 22.3. The maximum absolute atomic E-state index is 13.0. The second-order valence-corrected chi connectivity index (χ2v) is 8.19. The van der Waals surface area contributed by atoms with Crippen LogP contribution in [0.3, 0.4) is 0 Å². The number of amides is 2. The second kappa shape index (κ2) is 8.16. The fraction of sp³-hybridized carbons (Fsp3) is 0.450. The third-order valence-corrected chi connectivity index (χ3v) is 6.02. The minimum Gasteiger partial charge on any atom is -0.354 e. The molecule has 2 aliphatic heterocycles. The van der Waals surface area contributed by atoms with E-state index in [1.165, 1.54) is 12.1 Å². The summed E-state index contributed by atoms with van der Waals surface area (Å²) in [5, 5.41) is -0.417. The number of carbonyl (C=O) groups is 1. The summed E-state index contributed by atoms with van der Waals surface area (Å²) in [6.07, 6.45) is -2.09. The van der Waals surface area contributed by atoms with Crippen molar-refractivity contribution in [3.63, 3.8) is 0 Å². The average molecular weight is 455 g/mol. The van der Waals surface area contributed by atoms with Gasteiger partial charge in [0.1, 0.15) is 5.69 Å². The Balaban J connectivity index is 1.75. The van der Waals surface area contributed by atoms with Gasteiger partial charge < -0.3 is 15.5 Å². The van der Waals surface area contributed by atoms with E-state index in [0.717, 1.165) is 19.0 Å². The van der Waals surface area contributed by atoms with E-state index >= 15 is 0 Å². The van der Waals surface area contributed by atoms with Crippen LogP contribution in [-0.2, 0) is 6.18 Å². The van der Waals surface area contributed by atoms with Crippen molar-refractivity contribution in [2.45, 2.75) is 12.6 Å². The van der Waals surface area contributed by atoms with Gasteiger partial charge in [-0.25, -0.2) is 14.8 Å². The summed E-state index contributed by atoms with van der Waals surface area (Å²) in [4.78, 5) is 26.8. The second-order valence-electron chi connectivity index (χ2n) is 7.79. The van der Waals surface area contributed by atoms with Crippen LogP contribution in [-0.4, -0.2) is 60.7 Å². The molecule has 2 saturated heterocycles. The molecule has 0 aliphatic carbocycles. The van der Waals surface area contributed by atoms with E-state index in [1.54, 1.807) is 23.0 Å². The molecule has 2 aliphatic rings. The van der Waals surface area contributed by atoms with Gasteiger partial charge in [0.2, 0.25) is 0 Å². The number of halogens is 4. The van der Waals surface area contributed by atoms with Crippen molar-refractivity contribution in [2.24, 2.45) is 11.7 Å². The van der Waals surface area contributed by atoms with Crippen LogP contribution in [0.4, 0.5) is 29.5 Å². The van der Waals surface area contributed by atoms with E-state index in [1.807, 2.05) is 0 Å². The number of hydrogen-bond donors (Lipinski definition) is 1. The lowest BCUT2D eigenvalue weighted by atomic mass is 10.1. The number of nitrogens with zero attached hydrogens (tertiary/aromatic N) is 5. The van der Waals surface area contributed by atoms with Crippen LogP contribution in [0.2, 0.25) is 5.02 Å². The number of rotatable bonds is 4. The Bertz CT molecular complexity index is 1000. The minimum absolute atomic E-state index is 0.148. The third-order valence-electron chi connectivity index (χ3n) is 5.71. The molecule has 7 nitrogen and oxygen atoms in total. The summed E-state index contributed by atoms with van der Waals surface area (Å²) in [5.41, 5.74) is 5.86. The molecule has 31 heavy (non-hydrogen) atoms. The molecule has 1 unspecified atom stereocenters. The number of hydrogen-bond acceptors (Lipinski definition) is 5. The molecule has 166 valence electrons. The highest BCUT2D eigenvalue weighted by Crippen LogP contribution is 2.38. The highest BCUT2D eigenvalue weighted by molar-refractivity contribution is 6.31. The molecule has 1 aromatic carbocycles. The Morgan fingerprint density at radius 3 is 2.61 bits per heavy atom. The first kappa shape index (κ1) is 21.6. The molecule has 0 spiro atoms. The number of urea groups is 1. The van der Waals surface area contributed by atoms with E-state index in [-0.39, 0.29) is 11.9 Å². The fourth-order valence-electron chi connectivity index (χ4n) is 3.90. The largest absolute Gasteiger partial charge is 0.417 e. The summed E-state index contributed by atoms with van der Waals surface area (Å²) in [5.74, 6) is 1.12. The third kappa shape index (κ3) is 4.14. The van der Waals surface area contributed by atoms with Gasteiger partial charge in [0, 0.05) is 38.8 Å². The molecule has 2 N–H and O–H groups in total. The van der Waals surface area contributed by atoms with E-state index in [2.05, 4.69) is 14.9 Å². The first-order valence-corrected chi connectivity index (χ1v) is 10.3. The predicted molar refractivity (Wildman–Crippen MR) is 112 cm³/mol. The minimum atomic E-state index is -4.54. The Kier molecular flexibility index (Phi) is 5.69. The molecule has 0 radical (unpaired) electrons. The number of benzene rings is 1. The molecular weight excluding hydrogens is 433 g/mol. The lowest BCUT2D eigenvalue weighted by molar-refractivity contribution is -0.137. The van der Waals surface area contributed by atoms with Crippen LogP contribution in [0.1, 0.15) is 12.0 Å². The highest BCUT2D eigenvalue weighted by atomic mass is 35.5. The molecule has 1 atom stereocenters. The number of likely N-dealkylation sites (N-methyl/N-ethyl adjacent to an activating group) is 1. The first-order valence-electron chi connectivity index (χ1n) is 9.91. The fourth-order valence-corrected chi connectivity index (χ4v) is 4.19. The molecule has 11 heteroatoms. The number of alkyl halides is 3. The highest BCUT2D eigenvalue weighted by Gasteiger charge is 2.34. The van der Waals surface area contributed by atoms with Crippen molar-refractivity contribution in [1.82, 2.24) is 14.9 Å². The quantitative estimate of drug-likeness (QED) is 0.765. The summed E-state index contributed by atoms with van der Waals surface area (Å²) < 4.78 is 39.1. The Labute approximate surface area is 182 Å². The van der Waals surface area contributed by atoms with Crippen molar-refractivity contribution < 1.29 is 18.0 Å². The summed E-state index contributed by atoms with van der Waals surface area (Å²) in [6.45, 7) is 3.04. The zero-order valence-corrected chi connectivity index (χ0v) is 17.6. The van der Waals surface area contributed by atoms with Crippen molar-refractivity contribution in [1.29, 1.82) is 0 Å². The molecule has 1 aromatic heterocycles. The monoisotopic (exact) mass is 454 g/mol. The number of anilines is 2. The van der Waals surface area contributed by atoms with Crippen molar-refractivity contribution in [3.05, 3.63) is 35.0 Å². The number of aromatic nitrogens is 2. The van der Waals surface area contributed by atoms with Gasteiger partial charge in [-0.15, -0.1) is 0 Å². The number of carbonyl (C=O) groups excluding carboxylic acids is 1.